The van der Waals surface area contributed by atoms with Gasteiger partial charge in [0.05, 0.1) is 11.7 Å². The van der Waals surface area contributed by atoms with Crippen LogP contribution in [-0.2, 0) is 13.5 Å². The lowest BCUT2D eigenvalue weighted by Crippen LogP contribution is -2.30. The van der Waals surface area contributed by atoms with Crippen molar-refractivity contribution in [2.24, 2.45) is 12.9 Å². The lowest BCUT2D eigenvalue weighted by atomic mass is 10.1. The minimum Gasteiger partial charge on any atom is -0.273 e. The van der Waals surface area contributed by atoms with Gasteiger partial charge in [0.2, 0.25) is 0 Å². The Morgan fingerprint density at radius 2 is 2.28 bits per heavy atom. The molecule has 1 atom stereocenters. The second-order valence-electron chi connectivity index (χ2n) is 4.07. The number of rotatable bonds is 5. The minimum atomic E-state index is -0.342. The molecule has 18 heavy (non-hydrogen) atoms. The van der Waals surface area contributed by atoms with E-state index in [0.717, 1.165) is 12.1 Å². The van der Waals surface area contributed by atoms with Crippen molar-refractivity contribution in [1.82, 2.24) is 20.2 Å². The zero-order valence-corrected chi connectivity index (χ0v) is 10.2. The summed E-state index contributed by atoms with van der Waals surface area (Å²) >= 11 is 0. The van der Waals surface area contributed by atoms with Crippen LogP contribution in [-0.4, -0.2) is 14.8 Å². The molecule has 0 fully saturated rings. The third-order valence-corrected chi connectivity index (χ3v) is 2.93. The van der Waals surface area contributed by atoms with Gasteiger partial charge in [-0.15, -0.1) is 0 Å². The fourth-order valence-corrected chi connectivity index (χ4v) is 1.89. The van der Waals surface area contributed by atoms with Gasteiger partial charge in [-0.25, -0.2) is 4.39 Å². The van der Waals surface area contributed by atoms with Crippen LogP contribution in [0.15, 0.2) is 30.6 Å². The number of hydrazine groups is 1. The Kier molecular flexibility index (Phi) is 4.01. The van der Waals surface area contributed by atoms with Crippen molar-refractivity contribution in [2.45, 2.75) is 18.9 Å². The van der Waals surface area contributed by atoms with Gasteiger partial charge in [-0.1, -0.05) is 0 Å². The molecule has 1 unspecified atom stereocenters. The van der Waals surface area contributed by atoms with Gasteiger partial charge in [0.15, 0.2) is 0 Å². The highest BCUT2D eigenvalue weighted by atomic mass is 19.1. The highest BCUT2D eigenvalue weighted by Crippen LogP contribution is 2.18. The molecule has 2 aromatic rings. The zero-order valence-electron chi connectivity index (χ0n) is 10.2. The van der Waals surface area contributed by atoms with E-state index in [1.807, 2.05) is 13.1 Å². The average molecular weight is 249 g/mol. The molecule has 3 N–H and O–H groups in total. The quantitative estimate of drug-likeness (QED) is 0.615. The molecular formula is C12H16FN5. The predicted molar refractivity (Wildman–Crippen MR) is 65.8 cm³/mol. The highest BCUT2D eigenvalue weighted by molar-refractivity contribution is 5.12. The van der Waals surface area contributed by atoms with E-state index in [2.05, 4.69) is 15.5 Å². The number of pyridine rings is 1. The summed E-state index contributed by atoms with van der Waals surface area (Å²) in [6, 6.07) is 4.58. The number of nitrogens with one attached hydrogen (secondary N) is 1. The summed E-state index contributed by atoms with van der Waals surface area (Å²) in [6.45, 7) is 0. The molecule has 0 aliphatic carbocycles. The van der Waals surface area contributed by atoms with Gasteiger partial charge in [-0.3, -0.25) is 20.9 Å². The summed E-state index contributed by atoms with van der Waals surface area (Å²) in [4.78, 5) is 4.03. The van der Waals surface area contributed by atoms with Crippen LogP contribution in [0, 0.1) is 5.82 Å². The van der Waals surface area contributed by atoms with Gasteiger partial charge in [0, 0.05) is 25.1 Å². The van der Waals surface area contributed by atoms with Crippen LogP contribution in [0.3, 0.4) is 0 Å². The Morgan fingerprint density at radius 1 is 1.44 bits per heavy atom. The number of aromatic nitrogens is 3. The average Bonchev–Trinajstić information content (AvgIpc) is 2.78. The molecule has 0 aliphatic rings. The fourth-order valence-electron chi connectivity index (χ4n) is 1.89. The van der Waals surface area contributed by atoms with Crippen molar-refractivity contribution in [3.8, 4) is 0 Å². The first-order valence-corrected chi connectivity index (χ1v) is 5.75. The van der Waals surface area contributed by atoms with E-state index in [0.29, 0.717) is 12.1 Å². The first kappa shape index (κ1) is 12.7. The number of hydrogen-bond donors (Lipinski definition) is 2. The number of hydrogen-bond acceptors (Lipinski definition) is 4. The third-order valence-electron chi connectivity index (χ3n) is 2.93. The second-order valence-corrected chi connectivity index (χ2v) is 4.07. The maximum absolute atomic E-state index is 13.6. The Labute approximate surface area is 105 Å². The van der Waals surface area contributed by atoms with Crippen LogP contribution in [0.25, 0.3) is 0 Å². The van der Waals surface area contributed by atoms with Gasteiger partial charge < -0.3 is 0 Å². The Morgan fingerprint density at radius 3 is 2.89 bits per heavy atom. The summed E-state index contributed by atoms with van der Waals surface area (Å²) in [5.41, 5.74) is 4.03. The zero-order chi connectivity index (χ0) is 13.0. The van der Waals surface area contributed by atoms with Gasteiger partial charge in [-0.2, -0.15) is 5.10 Å². The van der Waals surface area contributed by atoms with E-state index < -0.39 is 0 Å². The van der Waals surface area contributed by atoms with Crippen LogP contribution < -0.4 is 11.3 Å². The first-order valence-electron chi connectivity index (χ1n) is 5.75. The summed E-state index contributed by atoms with van der Waals surface area (Å²) in [5.74, 6) is 5.13. The van der Waals surface area contributed by atoms with Crippen LogP contribution in [0.2, 0.25) is 0 Å². The lowest BCUT2D eigenvalue weighted by molar-refractivity contribution is 0.466. The van der Waals surface area contributed by atoms with Gasteiger partial charge in [-0.05, 0) is 31.0 Å². The Hall–Kier alpha value is -1.79. The number of aryl methyl sites for hydroxylation is 2. The Balaban J connectivity index is 2.07. The third kappa shape index (κ3) is 2.72. The van der Waals surface area contributed by atoms with Crippen molar-refractivity contribution in [1.29, 1.82) is 0 Å². The topological polar surface area (TPSA) is 68.8 Å². The molecule has 0 spiro atoms. The molecule has 2 rings (SSSR count). The summed E-state index contributed by atoms with van der Waals surface area (Å²) < 4.78 is 15.4. The van der Waals surface area contributed by atoms with Crippen LogP contribution >= 0.6 is 0 Å². The van der Waals surface area contributed by atoms with E-state index in [1.165, 1.54) is 6.07 Å². The lowest BCUT2D eigenvalue weighted by Gasteiger charge is -2.15. The molecule has 0 aliphatic heterocycles. The van der Waals surface area contributed by atoms with Crippen molar-refractivity contribution in [2.75, 3.05) is 0 Å². The van der Waals surface area contributed by atoms with Crippen LogP contribution in [0.5, 0.6) is 0 Å². The summed E-state index contributed by atoms with van der Waals surface area (Å²) in [5, 5.41) is 4.09. The van der Waals surface area contributed by atoms with E-state index in [1.54, 1.807) is 23.1 Å². The van der Waals surface area contributed by atoms with Crippen molar-refractivity contribution in [3.05, 3.63) is 47.8 Å². The van der Waals surface area contributed by atoms with Gasteiger partial charge in [0.25, 0.3) is 0 Å². The molecule has 0 radical (unpaired) electrons. The van der Waals surface area contributed by atoms with E-state index in [-0.39, 0.29) is 11.9 Å². The smallest absolute Gasteiger partial charge is 0.146 e. The number of nitrogens with zero attached hydrogens (tertiary/aromatic N) is 3. The normalized spacial score (nSPS) is 12.6. The predicted octanol–water partition coefficient (Wildman–Crippen LogP) is 1.09. The van der Waals surface area contributed by atoms with Gasteiger partial charge >= 0.3 is 0 Å². The van der Waals surface area contributed by atoms with E-state index >= 15 is 0 Å². The van der Waals surface area contributed by atoms with E-state index in [4.69, 9.17) is 5.84 Å². The minimum absolute atomic E-state index is 0.305. The van der Waals surface area contributed by atoms with Crippen LogP contribution in [0.1, 0.15) is 23.9 Å². The Bertz CT molecular complexity index is 511. The first-order chi connectivity index (χ1) is 8.72. The SMILES string of the molecule is Cn1nccc1CCC(NN)c1ncccc1F. The maximum atomic E-state index is 13.6. The molecule has 0 saturated carbocycles. The molecule has 5 nitrogen and oxygen atoms in total. The molecule has 96 valence electrons. The van der Waals surface area contributed by atoms with E-state index in [9.17, 15) is 4.39 Å². The molecular weight excluding hydrogens is 233 g/mol. The monoisotopic (exact) mass is 249 g/mol. The summed E-state index contributed by atoms with van der Waals surface area (Å²) in [6.07, 6.45) is 4.71. The molecule has 2 heterocycles. The van der Waals surface area contributed by atoms with Crippen molar-refractivity contribution >= 4 is 0 Å². The number of nitrogens with two attached hydrogens (primary N) is 1. The maximum Gasteiger partial charge on any atom is 0.146 e. The number of halogens is 1. The van der Waals surface area contributed by atoms with Crippen LogP contribution in [0.4, 0.5) is 4.39 Å². The molecule has 0 saturated heterocycles. The molecule has 0 aromatic carbocycles. The van der Waals surface area contributed by atoms with Crippen molar-refractivity contribution in [3.63, 3.8) is 0 Å². The highest BCUT2D eigenvalue weighted by Gasteiger charge is 2.16. The van der Waals surface area contributed by atoms with Gasteiger partial charge in [0.1, 0.15) is 5.82 Å². The molecule has 0 bridgehead atoms. The second kappa shape index (κ2) is 5.70. The standard InChI is InChI=1S/C12H16FN5/c1-18-9(6-8-16-18)4-5-11(17-14)12-10(13)3-2-7-15-12/h2-3,6-8,11,17H,4-5,14H2,1H3. The van der Waals surface area contributed by atoms with Crippen molar-refractivity contribution < 1.29 is 4.39 Å². The largest absolute Gasteiger partial charge is 0.273 e. The fraction of sp³-hybridized carbons (Fsp3) is 0.333. The molecule has 0 amide bonds. The molecule has 2 aromatic heterocycles. The summed E-state index contributed by atoms with van der Waals surface area (Å²) in [7, 11) is 1.88. The molecule has 6 heteroatoms.